The lowest BCUT2D eigenvalue weighted by molar-refractivity contribution is -0.137. The van der Waals surface area contributed by atoms with Gasteiger partial charge < -0.3 is 15.2 Å². The molecule has 1 atom stereocenters. The number of anilines is 1. The van der Waals surface area contributed by atoms with Crippen LogP contribution in [0.1, 0.15) is 41.9 Å². The predicted molar refractivity (Wildman–Crippen MR) is 161 cm³/mol. The van der Waals surface area contributed by atoms with Crippen LogP contribution in [0.4, 0.5) is 18.9 Å². The highest BCUT2D eigenvalue weighted by atomic mass is 19.4. The van der Waals surface area contributed by atoms with Crippen molar-refractivity contribution in [2.24, 2.45) is 5.73 Å². The number of Topliss-reactive ketones (excluding diaryl/α,β-unsaturated/α-hetero) is 1. The number of methoxy groups -OCH3 is 1. The molecule has 0 unspecified atom stereocenters. The van der Waals surface area contributed by atoms with Crippen molar-refractivity contribution in [1.29, 1.82) is 5.26 Å². The van der Waals surface area contributed by atoms with Crippen molar-refractivity contribution in [1.82, 2.24) is 0 Å². The van der Waals surface area contributed by atoms with Crippen molar-refractivity contribution in [3.63, 3.8) is 0 Å². The maximum Gasteiger partial charge on any atom is 0.418 e. The van der Waals surface area contributed by atoms with Gasteiger partial charge in [0.25, 0.3) is 0 Å². The van der Waals surface area contributed by atoms with Crippen LogP contribution in [-0.2, 0) is 17.6 Å². The summed E-state index contributed by atoms with van der Waals surface area (Å²) in [5, 5.41) is 12.5. The van der Waals surface area contributed by atoms with E-state index >= 15 is 0 Å². The number of nitriles is 1. The molecule has 0 saturated carbocycles. The molecule has 0 saturated heterocycles. The standard InChI is InChI=1S/C35H28F3N3O3/c1-43-31-16-14-23(17-24(31)20-44-25-15-13-21-7-2-3-8-22(21)18-25)32-26(19-39)34(40)41(29-11-6-12-30(42)33(29)32)28-10-5-4-9-27(28)35(36,37)38/h2-5,7-10,13-18,32H,6,11-12,20,40H2,1H3/t32-/m1/s1. The number of carbonyl (C=O) groups excluding carboxylic acids is 1. The SMILES string of the molecule is COc1ccc([C@@H]2C(C#N)=C(N)N(c3ccccc3C(F)(F)F)C3=C2C(=O)CCC3)cc1COc1ccc2ccccc2c1. The number of alkyl halides is 3. The monoisotopic (exact) mass is 595 g/mol. The number of hydrogen-bond acceptors (Lipinski definition) is 6. The average molecular weight is 596 g/mol. The van der Waals surface area contributed by atoms with Crippen molar-refractivity contribution in [2.75, 3.05) is 12.0 Å². The van der Waals surface area contributed by atoms with Crippen LogP contribution in [0.15, 0.2) is 108 Å². The number of nitrogens with zero attached hydrogens (tertiary/aromatic N) is 2. The zero-order chi connectivity index (χ0) is 31.0. The quantitative estimate of drug-likeness (QED) is 0.245. The second-order valence-corrected chi connectivity index (χ2v) is 10.7. The largest absolute Gasteiger partial charge is 0.496 e. The van der Waals surface area contributed by atoms with Crippen LogP contribution < -0.4 is 20.1 Å². The van der Waals surface area contributed by atoms with Crippen LogP contribution in [0.25, 0.3) is 10.8 Å². The minimum Gasteiger partial charge on any atom is -0.496 e. The molecule has 1 heterocycles. The molecule has 44 heavy (non-hydrogen) atoms. The molecule has 0 spiro atoms. The highest BCUT2D eigenvalue weighted by Crippen LogP contribution is 2.49. The van der Waals surface area contributed by atoms with E-state index in [1.807, 2.05) is 42.5 Å². The second kappa shape index (κ2) is 11.5. The van der Waals surface area contributed by atoms with Crippen LogP contribution in [0.2, 0.25) is 0 Å². The molecule has 6 rings (SSSR count). The van der Waals surface area contributed by atoms with Gasteiger partial charge >= 0.3 is 6.18 Å². The first kappa shape index (κ1) is 28.9. The topological polar surface area (TPSA) is 88.6 Å². The number of rotatable bonds is 6. The number of halogens is 3. The summed E-state index contributed by atoms with van der Waals surface area (Å²) in [7, 11) is 1.54. The third kappa shape index (κ3) is 5.13. The number of benzene rings is 4. The van der Waals surface area contributed by atoms with Crippen LogP contribution in [0.3, 0.4) is 0 Å². The van der Waals surface area contributed by atoms with Crippen LogP contribution >= 0.6 is 0 Å². The molecule has 2 aliphatic rings. The maximum absolute atomic E-state index is 14.1. The molecule has 9 heteroatoms. The van der Waals surface area contributed by atoms with E-state index in [-0.39, 0.29) is 41.5 Å². The molecule has 4 aromatic carbocycles. The number of ether oxygens (including phenoxy) is 2. The van der Waals surface area contributed by atoms with Crippen LogP contribution in [0.5, 0.6) is 11.5 Å². The van der Waals surface area contributed by atoms with Crippen LogP contribution in [-0.4, -0.2) is 12.9 Å². The van der Waals surface area contributed by atoms with E-state index in [1.54, 1.807) is 18.2 Å². The Hall–Kier alpha value is -5.23. The maximum atomic E-state index is 14.1. The number of para-hydroxylation sites is 1. The highest BCUT2D eigenvalue weighted by Gasteiger charge is 2.43. The van der Waals surface area contributed by atoms with E-state index in [2.05, 4.69) is 6.07 Å². The van der Waals surface area contributed by atoms with Gasteiger partial charge in [-0.1, -0.05) is 48.5 Å². The Morgan fingerprint density at radius 1 is 0.977 bits per heavy atom. The minimum atomic E-state index is -4.67. The van der Waals surface area contributed by atoms with E-state index in [0.717, 1.165) is 16.8 Å². The summed E-state index contributed by atoms with van der Waals surface area (Å²) in [6.45, 7) is 0.133. The first-order valence-electron chi connectivity index (χ1n) is 14.1. The van der Waals surface area contributed by atoms with Gasteiger partial charge in [0.05, 0.1) is 35.9 Å². The van der Waals surface area contributed by atoms with Gasteiger partial charge in [0.15, 0.2) is 5.78 Å². The molecular weight excluding hydrogens is 567 g/mol. The Labute approximate surface area is 252 Å². The summed E-state index contributed by atoms with van der Waals surface area (Å²) in [4.78, 5) is 14.8. The molecule has 0 radical (unpaired) electrons. The van der Waals surface area contributed by atoms with E-state index in [4.69, 9.17) is 15.2 Å². The number of carbonyl (C=O) groups is 1. The fraction of sp³-hybridized carbons (Fsp3) is 0.200. The van der Waals surface area contributed by atoms with E-state index in [0.29, 0.717) is 41.2 Å². The van der Waals surface area contributed by atoms with Crippen LogP contribution in [0, 0.1) is 11.3 Å². The summed E-state index contributed by atoms with van der Waals surface area (Å²) in [5.74, 6) is -0.0153. The fourth-order valence-electron chi connectivity index (χ4n) is 6.11. The zero-order valence-electron chi connectivity index (χ0n) is 23.8. The molecule has 4 aromatic rings. The number of ketones is 1. The van der Waals surface area contributed by atoms with Crippen molar-refractivity contribution in [2.45, 2.75) is 38.0 Å². The lowest BCUT2D eigenvalue weighted by atomic mass is 9.75. The lowest BCUT2D eigenvalue weighted by Gasteiger charge is -2.40. The van der Waals surface area contributed by atoms with Gasteiger partial charge in [0, 0.05) is 23.3 Å². The summed E-state index contributed by atoms with van der Waals surface area (Å²) in [6.07, 6.45) is -3.67. The normalized spacial score (nSPS) is 17.0. The molecular formula is C35H28F3N3O3. The molecule has 0 amide bonds. The van der Waals surface area contributed by atoms with Gasteiger partial charge in [0.1, 0.15) is 23.9 Å². The molecule has 6 nitrogen and oxygen atoms in total. The number of nitrogens with two attached hydrogens (primary N) is 1. The van der Waals surface area contributed by atoms with Crippen molar-refractivity contribution >= 4 is 22.2 Å². The molecule has 0 aromatic heterocycles. The first-order chi connectivity index (χ1) is 21.2. The fourth-order valence-corrected chi connectivity index (χ4v) is 6.11. The van der Waals surface area contributed by atoms with E-state index in [1.165, 1.54) is 30.2 Å². The van der Waals surface area contributed by atoms with Gasteiger partial charge in [-0.2, -0.15) is 18.4 Å². The number of hydrogen-bond donors (Lipinski definition) is 1. The third-order valence-corrected chi connectivity index (χ3v) is 8.12. The highest BCUT2D eigenvalue weighted by molar-refractivity contribution is 6.01. The summed E-state index contributed by atoms with van der Waals surface area (Å²) >= 11 is 0. The Morgan fingerprint density at radius 2 is 1.73 bits per heavy atom. The van der Waals surface area contributed by atoms with Crippen molar-refractivity contribution in [3.8, 4) is 17.6 Å². The van der Waals surface area contributed by atoms with Gasteiger partial charge in [-0.25, -0.2) is 0 Å². The van der Waals surface area contributed by atoms with Gasteiger partial charge in [-0.05, 0) is 65.6 Å². The van der Waals surface area contributed by atoms with Gasteiger partial charge in [-0.15, -0.1) is 0 Å². The summed E-state index contributed by atoms with van der Waals surface area (Å²) in [5.41, 5.74) is 7.36. The van der Waals surface area contributed by atoms with E-state index in [9.17, 15) is 23.2 Å². The predicted octanol–water partition coefficient (Wildman–Crippen LogP) is 7.75. The summed E-state index contributed by atoms with van der Waals surface area (Å²) in [6, 6.07) is 26.2. The van der Waals surface area contributed by atoms with E-state index < -0.39 is 17.7 Å². The smallest absolute Gasteiger partial charge is 0.418 e. The van der Waals surface area contributed by atoms with Crippen molar-refractivity contribution in [3.05, 3.63) is 124 Å². The minimum absolute atomic E-state index is 0.00235. The van der Waals surface area contributed by atoms with Gasteiger partial charge in [0.2, 0.25) is 0 Å². The molecule has 0 bridgehead atoms. The average Bonchev–Trinajstić information content (AvgIpc) is 3.02. The zero-order valence-corrected chi connectivity index (χ0v) is 23.8. The van der Waals surface area contributed by atoms with Gasteiger partial charge in [-0.3, -0.25) is 9.69 Å². The number of allylic oxidation sites excluding steroid dienone is 3. The molecule has 222 valence electrons. The van der Waals surface area contributed by atoms with Crippen molar-refractivity contribution < 1.29 is 27.4 Å². The lowest BCUT2D eigenvalue weighted by Crippen LogP contribution is -2.39. The first-order valence-corrected chi connectivity index (χ1v) is 14.1. The Kier molecular flexibility index (Phi) is 7.52. The molecule has 0 fully saturated rings. The molecule has 1 aliphatic heterocycles. The third-order valence-electron chi connectivity index (χ3n) is 8.12. The molecule has 2 N–H and O–H groups in total. The summed E-state index contributed by atoms with van der Waals surface area (Å²) < 4.78 is 54.0. The Morgan fingerprint density at radius 3 is 2.48 bits per heavy atom. The molecule has 1 aliphatic carbocycles. The Bertz CT molecular complexity index is 1890. The Balaban J connectivity index is 1.43. The number of fused-ring (bicyclic) bond motifs is 1. The second-order valence-electron chi connectivity index (χ2n) is 10.7.